The van der Waals surface area contributed by atoms with E-state index in [-0.39, 0.29) is 36.2 Å². The maximum Gasteiger partial charge on any atom is 0.338 e. The molecule has 0 atom stereocenters. The molecule has 0 aliphatic heterocycles. The second-order valence-electron chi connectivity index (χ2n) is 5.67. The third-order valence-corrected chi connectivity index (χ3v) is 3.99. The highest BCUT2D eigenvalue weighted by atomic mass is 35.5. The highest BCUT2D eigenvalue weighted by Gasteiger charge is 2.58. The van der Waals surface area contributed by atoms with E-state index in [4.69, 9.17) is 30.5 Å². The standard InChI is InChI=1S/C20H23ClO8/c1-5-26-17(23)20(18(24)27-6-2,19(25)28-7-3)12-13(4)16(22)29-15-11-9-8-10-14(15)21/h8-11H,4-7,12H2,1-3H3. The highest BCUT2D eigenvalue weighted by molar-refractivity contribution is 6.32. The fourth-order valence-corrected chi connectivity index (χ4v) is 2.50. The molecule has 1 aromatic carbocycles. The summed E-state index contributed by atoms with van der Waals surface area (Å²) in [5, 5.41) is 0.168. The van der Waals surface area contributed by atoms with Crippen molar-refractivity contribution in [1.82, 2.24) is 0 Å². The summed E-state index contributed by atoms with van der Waals surface area (Å²) in [6.45, 7) is 7.70. The van der Waals surface area contributed by atoms with Crippen LogP contribution in [0.1, 0.15) is 27.2 Å². The summed E-state index contributed by atoms with van der Waals surface area (Å²) in [6.07, 6.45) is -0.743. The average Bonchev–Trinajstić information content (AvgIpc) is 2.68. The van der Waals surface area contributed by atoms with Gasteiger partial charge in [-0.3, -0.25) is 14.4 Å². The van der Waals surface area contributed by atoms with Gasteiger partial charge < -0.3 is 18.9 Å². The summed E-state index contributed by atoms with van der Waals surface area (Å²) in [5.41, 5.74) is -2.89. The molecular weight excluding hydrogens is 404 g/mol. The predicted octanol–water partition coefficient (Wildman–Crippen LogP) is 2.87. The van der Waals surface area contributed by atoms with Crippen LogP contribution in [0.3, 0.4) is 0 Å². The van der Waals surface area contributed by atoms with Crippen molar-refractivity contribution >= 4 is 35.5 Å². The molecule has 0 amide bonds. The van der Waals surface area contributed by atoms with E-state index in [1.807, 2.05) is 0 Å². The number of para-hydroxylation sites is 1. The second kappa shape index (κ2) is 11.2. The summed E-state index contributed by atoms with van der Waals surface area (Å²) in [7, 11) is 0. The fourth-order valence-electron chi connectivity index (χ4n) is 2.32. The minimum absolute atomic E-state index is 0.0503. The van der Waals surface area contributed by atoms with Crippen molar-refractivity contribution < 1.29 is 38.1 Å². The molecule has 0 bridgehead atoms. The van der Waals surface area contributed by atoms with Gasteiger partial charge in [-0.2, -0.15) is 0 Å². The van der Waals surface area contributed by atoms with Crippen molar-refractivity contribution in [3.05, 3.63) is 41.4 Å². The Kier molecular flexibility index (Phi) is 9.34. The number of hydrogen-bond acceptors (Lipinski definition) is 8. The Morgan fingerprint density at radius 2 is 1.34 bits per heavy atom. The highest BCUT2D eigenvalue weighted by Crippen LogP contribution is 2.33. The van der Waals surface area contributed by atoms with Crippen LogP contribution in [-0.4, -0.2) is 43.7 Å². The van der Waals surface area contributed by atoms with Gasteiger partial charge in [-0.25, -0.2) is 4.79 Å². The Bertz CT molecular complexity index is 741. The van der Waals surface area contributed by atoms with Gasteiger partial charge in [0.1, 0.15) is 5.75 Å². The number of halogens is 1. The quantitative estimate of drug-likeness (QED) is 0.185. The lowest BCUT2D eigenvalue weighted by Crippen LogP contribution is -2.50. The molecule has 9 heteroatoms. The van der Waals surface area contributed by atoms with Gasteiger partial charge in [0.2, 0.25) is 0 Å². The van der Waals surface area contributed by atoms with Gasteiger partial charge >= 0.3 is 23.9 Å². The van der Waals surface area contributed by atoms with E-state index in [1.54, 1.807) is 12.1 Å². The zero-order chi connectivity index (χ0) is 22.0. The molecule has 0 aliphatic carbocycles. The summed E-state index contributed by atoms with van der Waals surface area (Å²) in [6, 6.07) is 6.19. The lowest BCUT2D eigenvalue weighted by Gasteiger charge is -2.27. The number of rotatable bonds is 10. The Morgan fingerprint density at radius 3 is 1.76 bits per heavy atom. The van der Waals surface area contributed by atoms with Gasteiger partial charge in [0.15, 0.2) is 0 Å². The molecule has 0 radical (unpaired) electrons. The summed E-state index contributed by atoms with van der Waals surface area (Å²) in [4.78, 5) is 50.3. The lowest BCUT2D eigenvalue weighted by molar-refractivity contribution is -0.183. The van der Waals surface area contributed by atoms with Crippen molar-refractivity contribution in [2.45, 2.75) is 27.2 Å². The molecule has 8 nitrogen and oxygen atoms in total. The van der Waals surface area contributed by atoms with E-state index in [0.29, 0.717) is 0 Å². The number of carbonyl (C=O) groups is 4. The van der Waals surface area contributed by atoms with E-state index in [9.17, 15) is 19.2 Å². The molecule has 1 aromatic rings. The first-order valence-corrected chi connectivity index (χ1v) is 9.28. The lowest BCUT2D eigenvalue weighted by atomic mass is 9.81. The number of carbonyl (C=O) groups excluding carboxylic acids is 4. The SMILES string of the molecule is C=C(CC(C(=O)OCC)(C(=O)OCC)C(=O)OCC)C(=O)Oc1ccccc1Cl. The van der Waals surface area contributed by atoms with E-state index in [1.165, 1.54) is 32.9 Å². The van der Waals surface area contributed by atoms with Gasteiger partial charge in [0.05, 0.1) is 24.8 Å². The van der Waals surface area contributed by atoms with Crippen LogP contribution in [0.4, 0.5) is 0 Å². The zero-order valence-corrected chi connectivity index (χ0v) is 17.2. The predicted molar refractivity (Wildman–Crippen MR) is 103 cm³/mol. The van der Waals surface area contributed by atoms with Crippen molar-refractivity contribution in [3.8, 4) is 5.75 Å². The van der Waals surface area contributed by atoms with Crippen LogP contribution < -0.4 is 4.74 Å². The molecule has 0 saturated heterocycles. The molecule has 0 fully saturated rings. The normalized spacial score (nSPS) is 10.6. The van der Waals surface area contributed by atoms with Crippen LogP contribution in [0, 0.1) is 5.41 Å². The zero-order valence-electron chi connectivity index (χ0n) is 16.5. The van der Waals surface area contributed by atoms with Gasteiger partial charge in [-0.05, 0) is 32.9 Å². The second-order valence-corrected chi connectivity index (χ2v) is 6.07. The van der Waals surface area contributed by atoms with Crippen molar-refractivity contribution in [2.75, 3.05) is 19.8 Å². The van der Waals surface area contributed by atoms with Crippen molar-refractivity contribution in [3.63, 3.8) is 0 Å². The van der Waals surface area contributed by atoms with Crippen LogP contribution in [0.25, 0.3) is 0 Å². The number of esters is 4. The summed E-state index contributed by atoms with van der Waals surface area (Å²) >= 11 is 5.95. The van der Waals surface area contributed by atoms with E-state index >= 15 is 0 Å². The van der Waals surface area contributed by atoms with E-state index in [0.717, 1.165) is 0 Å². The first kappa shape index (κ1) is 24.2. The smallest absolute Gasteiger partial charge is 0.338 e. The van der Waals surface area contributed by atoms with Crippen LogP contribution in [0.2, 0.25) is 5.02 Å². The topological polar surface area (TPSA) is 105 Å². The molecule has 29 heavy (non-hydrogen) atoms. The largest absolute Gasteiger partial charge is 0.465 e. The third-order valence-electron chi connectivity index (χ3n) is 3.68. The van der Waals surface area contributed by atoms with Gasteiger partial charge in [0.25, 0.3) is 5.41 Å². The number of ether oxygens (including phenoxy) is 4. The van der Waals surface area contributed by atoms with Crippen LogP contribution >= 0.6 is 11.6 Å². The molecule has 0 aromatic heterocycles. The first-order chi connectivity index (χ1) is 13.7. The molecule has 0 spiro atoms. The molecule has 158 valence electrons. The molecular formula is C20H23ClO8. The Hall–Kier alpha value is -2.87. The fraction of sp³-hybridized carbons (Fsp3) is 0.400. The Balaban J connectivity index is 3.26. The van der Waals surface area contributed by atoms with Crippen LogP contribution in [0.15, 0.2) is 36.4 Å². The van der Waals surface area contributed by atoms with E-state index < -0.39 is 35.7 Å². The minimum atomic E-state index is -2.54. The Labute approximate surface area is 173 Å². The van der Waals surface area contributed by atoms with Crippen LogP contribution in [0.5, 0.6) is 5.75 Å². The van der Waals surface area contributed by atoms with E-state index in [2.05, 4.69) is 6.58 Å². The maximum atomic E-state index is 12.6. The Morgan fingerprint density at radius 1 is 0.897 bits per heavy atom. The van der Waals surface area contributed by atoms with Gasteiger partial charge in [0, 0.05) is 12.0 Å². The molecule has 0 saturated carbocycles. The molecule has 0 N–H and O–H groups in total. The summed E-state index contributed by atoms with van der Waals surface area (Å²) in [5.74, 6) is -4.55. The first-order valence-electron chi connectivity index (χ1n) is 8.90. The molecule has 0 heterocycles. The van der Waals surface area contributed by atoms with Crippen molar-refractivity contribution in [1.29, 1.82) is 0 Å². The van der Waals surface area contributed by atoms with Gasteiger partial charge in [-0.1, -0.05) is 30.3 Å². The number of benzene rings is 1. The van der Waals surface area contributed by atoms with Crippen LogP contribution in [-0.2, 0) is 33.4 Å². The molecule has 0 aliphatic rings. The third kappa shape index (κ3) is 5.80. The maximum absolute atomic E-state index is 12.6. The average molecular weight is 427 g/mol. The van der Waals surface area contributed by atoms with Crippen molar-refractivity contribution in [2.24, 2.45) is 5.41 Å². The summed E-state index contributed by atoms with van der Waals surface area (Å²) < 4.78 is 19.9. The van der Waals surface area contributed by atoms with Gasteiger partial charge in [-0.15, -0.1) is 0 Å². The molecule has 0 unspecified atom stereocenters. The monoisotopic (exact) mass is 426 g/mol. The molecule has 1 rings (SSSR count). The number of hydrogen-bond donors (Lipinski definition) is 0. The minimum Gasteiger partial charge on any atom is -0.465 e.